The van der Waals surface area contributed by atoms with Gasteiger partial charge in [0.25, 0.3) is 5.91 Å². The summed E-state index contributed by atoms with van der Waals surface area (Å²) in [4.78, 5) is 12.4. The number of ether oxygens (including phenoxy) is 1. The number of nitrogens with zero attached hydrogens (tertiary/aromatic N) is 1. The molecule has 0 unspecified atom stereocenters. The second-order valence-electron chi connectivity index (χ2n) is 7.76. The smallest absolute Gasteiger partial charge is 0.406 e. The van der Waals surface area contributed by atoms with E-state index in [1.807, 2.05) is 26.0 Å². The van der Waals surface area contributed by atoms with Gasteiger partial charge in [-0.3, -0.25) is 9.10 Å². The molecule has 0 saturated heterocycles. The number of sulfonamides is 1. The Hall–Kier alpha value is -3.53. The summed E-state index contributed by atoms with van der Waals surface area (Å²) >= 11 is 0. The summed E-state index contributed by atoms with van der Waals surface area (Å²) in [7, 11) is -3.54. The van der Waals surface area contributed by atoms with Gasteiger partial charge in [-0.25, -0.2) is 8.42 Å². The van der Waals surface area contributed by atoms with E-state index in [1.165, 1.54) is 16.4 Å². The molecule has 3 aromatic rings. The summed E-state index contributed by atoms with van der Waals surface area (Å²) in [5, 5.41) is 2.65. The molecule has 180 valence electrons. The molecular formula is C24H23F3N2O4S. The molecule has 0 spiro atoms. The second kappa shape index (κ2) is 9.76. The Morgan fingerprint density at radius 1 is 0.941 bits per heavy atom. The fraction of sp³-hybridized carbons (Fsp3) is 0.208. The standard InChI is InChI=1S/C24H23F3N2O4S/c1-16-4-11-21(14-17(16)2)29(34(3,31)32)15-18-5-9-20(10-6-18)28-23(30)19-7-12-22(13-8-19)33-24(25,26)27/h4-14H,15H2,1-3H3,(H,28,30). The van der Waals surface area contributed by atoms with Gasteiger partial charge in [0, 0.05) is 11.3 Å². The second-order valence-corrected chi connectivity index (χ2v) is 9.67. The Morgan fingerprint density at radius 3 is 2.09 bits per heavy atom. The summed E-state index contributed by atoms with van der Waals surface area (Å²) in [5.74, 6) is -0.938. The first-order valence-electron chi connectivity index (χ1n) is 10.1. The molecule has 0 radical (unpaired) electrons. The molecule has 34 heavy (non-hydrogen) atoms. The van der Waals surface area contributed by atoms with Crippen LogP contribution in [0.4, 0.5) is 24.5 Å². The number of rotatable bonds is 7. The van der Waals surface area contributed by atoms with Crippen molar-refractivity contribution in [3.8, 4) is 5.75 Å². The third-order valence-electron chi connectivity index (χ3n) is 5.07. The summed E-state index contributed by atoms with van der Waals surface area (Å²) in [6, 6.07) is 16.6. The first-order valence-corrected chi connectivity index (χ1v) is 12.0. The number of carbonyl (C=O) groups excluding carboxylic acids is 1. The molecule has 10 heteroatoms. The van der Waals surface area contributed by atoms with Crippen LogP contribution in [0.1, 0.15) is 27.0 Å². The summed E-state index contributed by atoms with van der Waals surface area (Å²) in [6.45, 7) is 3.96. The maximum atomic E-state index is 12.4. The number of alkyl halides is 3. The minimum Gasteiger partial charge on any atom is -0.406 e. The van der Waals surface area contributed by atoms with Gasteiger partial charge in [-0.15, -0.1) is 13.2 Å². The average molecular weight is 493 g/mol. The van der Waals surface area contributed by atoms with Crippen molar-refractivity contribution in [3.63, 3.8) is 0 Å². The van der Waals surface area contributed by atoms with Gasteiger partial charge in [0.1, 0.15) is 5.75 Å². The quantitative estimate of drug-likeness (QED) is 0.478. The van der Waals surface area contributed by atoms with E-state index in [2.05, 4.69) is 10.1 Å². The number of anilines is 2. The number of carbonyl (C=O) groups is 1. The van der Waals surface area contributed by atoms with Gasteiger partial charge in [-0.05, 0) is 79.1 Å². The lowest BCUT2D eigenvalue weighted by atomic mass is 10.1. The SMILES string of the molecule is Cc1ccc(N(Cc2ccc(NC(=O)c3ccc(OC(F)(F)F)cc3)cc2)S(C)(=O)=O)cc1C. The molecule has 3 aromatic carbocycles. The highest BCUT2D eigenvalue weighted by atomic mass is 32.2. The van der Waals surface area contributed by atoms with Gasteiger partial charge in [0.2, 0.25) is 10.0 Å². The van der Waals surface area contributed by atoms with Crippen LogP contribution in [-0.2, 0) is 16.6 Å². The van der Waals surface area contributed by atoms with Crippen molar-refractivity contribution in [2.45, 2.75) is 26.8 Å². The van der Waals surface area contributed by atoms with E-state index in [9.17, 15) is 26.4 Å². The molecule has 0 heterocycles. The van der Waals surface area contributed by atoms with Crippen LogP contribution in [0.15, 0.2) is 66.7 Å². The van der Waals surface area contributed by atoms with Crippen LogP contribution in [-0.4, -0.2) is 26.9 Å². The molecule has 0 saturated carbocycles. The zero-order valence-corrected chi connectivity index (χ0v) is 19.5. The normalized spacial score (nSPS) is 11.7. The molecule has 0 aliphatic carbocycles. The van der Waals surface area contributed by atoms with Crippen molar-refractivity contribution in [1.82, 2.24) is 0 Å². The van der Waals surface area contributed by atoms with Crippen molar-refractivity contribution in [2.24, 2.45) is 0 Å². The lowest BCUT2D eigenvalue weighted by Crippen LogP contribution is -2.29. The minimum absolute atomic E-state index is 0.107. The van der Waals surface area contributed by atoms with Crippen LogP contribution >= 0.6 is 0 Å². The molecule has 1 N–H and O–H groups in total. The predicted octanol–water partition coefficient (Wildman–Crippen LogP) is 5.42. The Bertz CT molecular complexity index is 1270. The maximum Gasteiger partial charge on any atom is 0.573 e. The third kappa shape index (κ3) is 6.74. The number of benzene rings is 3. The fourth-order valence-electron chi connectivity index (χ4n) is 3.15. The van der Waals surface area contributed by atoms with Crippen LogP contribution in [0, 0.1) is 13.8 Å². The number of nitrogens with one attached hydrogen (secondary N) is 1. The van der Waals surface area contributed by atoms with Crippen molar-refractivity contribution < 1.29 is 31.1 Å². The highest BCUT2D eigenvalue weighted by molar-refractivity contribution is 7.92. The molecule has 6 nitrogen and oxygen atoms in total. The number of hydrogen-bond donors (Lipinski definition) is 1. The van der Waals surface area contributed by atoms with E-state index in [0.717, 1.165) is 29.5 Å². The van der Waals surface area contributed by atoms with Gasteiger partial charge in [0.15, 0.2) is 0 Å². The topological polar surface area (TPSA) is 75.7 Å². The Labute approximate surface area is 196 Å². The number of amides is 1. The van der Waals surface area contributed by atoms with E-state index < -0.39 is 28.0 Å². The predicted molar refractivity (Wildman–Crippen MR) is 124 cm³/mol. The minimum atomic E-state index is -4.81. The van der Waals surface area contributed by atoms with Crippen LogP contribution in [0.2, 0.25) is 0 Å². The molecule has 0 aliphatic rings. The van der Waals surface area contributed by atoms with Gasteiger partial charge >= 0.3 is 6.36 Å². The Kier molecular flexibility index (Phi) is 7.21. The molecule has 0 aliphatic heterocycles. The third-order valence-corrected chi connectivity index (χ3v) is 6.21. The highest BCUT2D eigenvalue weighted by Gasteiger charge is 2.31. The van der Waals surface area contributed by atoms with Crippen LogP contribution in [0.5, 0.6) is 5.75 Å². The number of halogens is 3. The molecule has 0 bridgehead atoms. The molecule has 0 fully saturated rings. The largest absolute Gasteiger partial charge is 0.573 e. The molecule has 3 rings (SSSR count). The Morgan fingerprint density at radius 2 is 1.56 bits per heavy atom. The summed E-state index contributed by atoms with van der Waals surface area (Å²) in [6.07, 6.45) is -3.67. The highest BCUT2D eigenvalue weighted by Crippen LogP contribution is 2.25. The summed E-state index contributed by atoms with van der Waals surface area (Å²) in [5.41, 5.74) is 3.89. The van der Waals surface area contributed by atoms with Gasteiger partial charge in [-0.2, -0.15) is 0 Å². The van der Waals surface area contributed by atoms with E-state index in [1.54, 1.807) is 30.3 Å². The van der Waals surface area contributed by atoms with Crippen molar-refractivity contribution >= 4 is 27.3 Å². The van der Waals surface area contributed by atoms with Crippen LogP contribution < -0.4 is 14.4 Å². The Balaban J connectivity index is 1.70. The lowest BCUT2D eigenvalue weighted by Gasteiger charge is -2.23. The molecule has 1 amide bonds. The maximum absolute atomic E-state index is 12.4. The van der Waals surface area contributed by atoms with E-state index in [0.29, 0.717) is 16.9 Å². The van der Waals surface area contributed by atoms with Crippen molar-refractivity contribution in [1.29, 1.82) is 0 Å². The van der Waals surface area contributed by atoms with Gasteiger partial charge < -0.3 is 10.1 Å². The van der Waals surface area contributed by atoms with Gasteiger partial charge in [-0.1, -0.05) is 18.2 Å². The fourth-order valence-corrected chi connectivity index (χ4v) is 4.03. The number of hydrogen-bond acceptors (Lipinski definition) is 4. The molecule has 0 aromatic heterocycles. The van der Waals surface area contributed by atoms with Gasteiger partial charge in [0.05, 0.1) is 18.5 Å². The van der Waals surface area contributed by atoms with Crippen LogP contribution in [0.25, 0.3) is 0 Å². The first kappa shape index (κ1) is 25.1. The van der Waals surface area contributed by atoms with E-state index in [4.69, 9.17) is 0 Å². The van der Waals surface area contributed by atoms with E-state index in [-0.39, 0.29) is 12.1 Å². The summed E-state index contributed by atoms with van der Waals surface area (Å²) < 4.78 is 66.7. The lowest BCUT2D eigenvalue weighted by molar-refractivity contribution is -0.274. The monoisotopic (exact) mass is 492 g/mol. The number of aryl methyl sites for hydroxylation is 2. The van der Waals surface area contributed by atoms with Crippen LogP contribution in [0.3, 0.4) is 0 Å². The van der Waals surface area contributed by atoms with E-state index >= 15 is 0 Å². The zero-order chi connectivity index (χ0) is 25.1. The molecule has 0 atom stereocenters. The molecular weight excluding hydrogens is 469 g/mol. The first-order chi connectivity index (χ1) is 15.8. The average Bonchev–Trinajstić information content (AvgIpc) is 2.74. The van der Waals surface area contributed by atoms with Crippen molar-refractivity contribution in [2.75, 3.05) is 15.9 Å². The zero-order valence-electron chi connectivity index (χ0n) is 18.7. The van der Waals surface area contributed by atoms with Crippen molar-refractivity contribution in [3.05, 3.63) is 89.0 Å².